The van der Waals surface area contributed by atoms with E-state index in [9.17, 15) is 0 Å². The highest BCUT2D eigenvalue weighted by Gasteiger charge is 2.14. The lowest BCUT2D eigenvalue weighted by Gasteiger charge is -2.18. The van der Waals surface area contributed by atoms with Crippen LogP contribution < -0.4 is 15.2 Å². The summed E-state index contributed by atoms with van der Waals surface area (Å²) in [4.78, 5) is 0. The van der Waals surface area contributed by atoms with E-state index >= 15 is 0 Å². The highest BCUT2D eigenvalue weighted by molar-refractivity contribution is 5.36. The molecule has 2 aromatic carbocycles. The minimum absolute atomic E-state index is 0.237. The Kier molecular flexibility index (Phi) is 6.48. The van der Waals surface area contributed by atoms with Crippen molar-refractivity contribution in [3.8, 4) is 11.5 Å². The molecule has 124 valence electrons. The lowest BCUT2D eigenvalue weighted by molar-refractivity contribution is 0.296. The van der Waals surface area contributed by atoms with Gasteiger partial charge in [0.15, 0.2) is 0 Å². The van der Waals surface area contributed by atoms with Crippen molar-refractivity contribution >= 4 is 0 Å². The van der Waals surface area contributed by atoms with Crippen molar-refractivity contribution < 1.29 is 9.47 Å². The number of ether oxygens (including phenoxy) is 2. The van der Waals surface area contributed by atoms with Crippen molar-refractivity contribution in [2.75, 3.05) is 20.3 Å². The van der Waals surface area contributed by atoms with Crippen molar-refractivity contribution in [3.05, 3.63) is 59.7 Å². The zero-order valence-corrected chi connectivity index (χ0v) is 14.3. The summed E-state index contributed by atoms with van der Waals surface area (Å²) in [6.45, 7) is 5.60. The Morgan fingerprint density at radius 3 is 2.30 bits per heavy atom. The Morgan fingerprint density at radius 1 is 1.00 bits per heavy atom. The summed E-state index contributed by atoms with van der Waals surface area (Å²) >= 11 is 0. The molecule has 0 saturated carbocycles. The van der Waals surface area contributed by atoms with Gasteiger partial charge in [0.2, 0.25) is 0 Å². The molecule has 0 fully saturated rings. The Labute approximate surface area is 139 Å². The summed E-state index contributed by atoms with van der Waals surface area (Å²) in [5.74, 6) is 2.58. The lowest BCUT2D eigenvalue weighted by atomic mass is 9.95. The smallest absolute Gasteiger partial charge is 0.122 e. The van der Waals surface area contributed by atoms with Gasteiger partial charge in [-0.2, -0.15) is 0 Å². The summed E-state index contributed by atoms with van der Waals surface area (Å²) in [7, 11) is 1.69. The maximum Gasteiger partial charge on any atom is 0.122 e. The molecule has 2 rings (SSSR count). The number of benzene rings is 2. The van der Waals surface area contributed by atoms with Crippen LogP contribution in [0.25, 0.3) is 0 Å². The van der Waals surface area contributed by atoms with Crippen molar-refractivity contribution in [2.45, 2.75) is 32.1 Å². The average Bonchev–Trinajstić information content (AvgIpc) is 2.59. The summed E-state index contributed by atoms with van der Waals surface area (Å²) in [5, 5.41) is 0. The van der Waals surface area contributed by atoms with Crippen LogP contribution in [-0.2, 0) is 0 Å². The molecule has 1 atom stereocenters. The number of para-hydroxylation sites is 1. The number of nitrogens with two attached hydrogens (primary N) is 1. The predicted molar refractivity (Wildman–Crippen MR) is 95.4 cm³/mol. The van der Waals surface area contributed by atoms with Crippen LogP contribution in [0.15, 0.2) is 48.5 Å². The van der Waals surface area contributed by atoms with E-state index in [1.54, 1.807) is 7.11 Å². The fourth-order valence-corrected chi connectivity index (χ4v) is 2.67. The Bertz CT molecular complexity index is 593. The predicted octanol–water partition coefficient (Wildman–Crippen LogP) is 4.33. The molecule has 3 heteroatoms. The fourth-order valence-electron chi connectivity index (χ4n) is 2.67. The minimum Gasteiger partial charge on any atom is -0.496 e. The van der Waals surface area contributed by atoms with Crippen molar-refractivity contribution in [1.82, 2.24) is 0 Å². The Hall–Kier alpha value is -2.00. The van der Waals surface area contributed by atoms with Gasteiger partial charge in [-0.15, -0.1) is 0 Å². The Balaban J connectivity index is 1.93. The number of methoxy groups -OCH3 is 1. The monoisotopic (exact) mass is 313 g/mol. The van der Waals surface area contributed by atoms with Gasteiger partial charge in [0.25, 0.3) is 0 Å². The van der Waals surface area contributed by atoms with Gasteiger partial charge in [-0.1, -0.05) is 44.2 Å². The van der Waals surface area contributed by atoms with E-state index in [0.717, 1.165) is 23.5 Å². The molecule has 0 heterocycles. The lowest BCUT2D eigenvalue weighted by Crippen LogP contribution is -2.16. The third kappa shape index (κ3) is 4.73. The first kappa shape index (κ1) is 17.4. The van der Waals surface area contributed by atoms with Gasteiger partial charge in [0.1, 0.15) is 11.5 Å². The van der Waals surface area contributed by atoms with Crippen LogP contribution in [0, 0.1) is 0 Å². The highest BCUT2D eigenvalue weighted by Crippen LogP contribution is 2.28. The molecule has 0 aliphatic heterocycles. The van der Waals surface area contributed by atoms with Crippen molar-refractivity contribution in [1.29, 1.82) is 0 Å². The summed E-state index contributed by atoms with van der Waals surface area (Å²) in [6.07, 6.45) is 0.864. The normalized spacial score (nSPS) is 12.2. The van der Waals surface area contributed by atoms with Crippen LogP contribution in [-0.4, -0.2) is 20.3 Å². The topological polar surface area (TPSA) is 44.5 Å². The molecule has 0 saturated heterocycles. The third-order valence-corrected chi connectivity index (χ3v) is 4.15. The first-order chi connectivity index (χ1) is 11.2. The molecule has 0 radical (unpaired) electrons. The summed E-state index contributed by atoms with van der Waals surface area (Å²) < 4.78 is 11.3. The molecule has 2 N–H and O–H groups in total. The molecule has 0 bridgehead atoms. The number of rotatable bonds is 8. The zero-order valence-electron chi connectivity index (χ0n) is 14.3. The van der Waals surface area contributed by atoms with Gasteiger partial charge in [0.05, 0.1) is 13.7 Å². The maximum absolute atomic E-state index is 5.95. The van der Waals surface area contributed by atoms with Gasteiger partial charge in [-0.05, 0) is 48.2 Å². The largest absolute Gasteiger partial charge is 0.496 e. The van der Waals surface area contributed by atoms with Crippen LogP contribution in [0.3, 0.4) is 0 Å². The first-order valence-electron chi connectivity index (χ1n) is 8.21. The molecular weight excluding hydrogens is 286 g/mol. The molecule has 0 aliphatic rings. The average molecular weight is 313 g/mol. The van der Waals surface area contributed by atoms with Gasteiger partial charge in [0, 0.05) is 5.92 Å². The number of hydrogen-bond acceptors (Lipinski definition) is 3. The van der Waals surface area contributed by atoms with Gasteiger partial charge in [-0.3, -0.25) is 0 Å². The second-order valence-corrected chi connectivity index (χ2v) is 6.04. The molecule has 23 heavy (non-hydrogen) atoms. The van der Waals surface area contributed by atoms with Crippen molar-refractivity contribution in [2.24, 2.45) is 5.73 Å². The van der Waals surface area contributed by atoms with Gasteiger partial charge < -0.3 is 15.2 Å². The maximum atomic E-state index is 5.95. The second-order valence-electron chi connectivity index (χ2n) is 6.04. The van der Waals surface area contributed by atoms with E-state index in [1.807, 2.05) is 30.3 Å². The van der Waals surface area contributed by atoms with Crippen molar-refractivity contribution in [3.63, 3.8) is 0 Å². The fraction of sp³-hybridized carbons (Fsp3) is 0.400. The molecule has 0 aliphatic carbocycles. The first-order valence-corrected chi connectivity index (χ1v) is 8.21. The van der Waals surface area contributed by atoms with Gasteiger partial charge >= 0.3 is 0 Å². The van der Waals surface area contributed by atoms with Gasteiger partial charge in [-0.25, -0.2) is 0 Å². The highest BCUT2D eigenvalue weighted by atomic mass is 16.5. The van der Waals surface area contributed by atoms with E-state index in [-0.39, 0.29) is 5.92 Å². The SMILES string of the molecule is COc1ccccc1C(CN)CCOc1ccc(C(C)C)cc1. The van der Waals surface area contributed by atoms with Crippen LogP contribution in [0.1, 0.15) is 43.2 Å². The summed E-state index contributed by atoms with van der Waals surface area (Å²) in [6, 6.07) is 16.4. The van der Waals surface area contributed by atoms with E-state index in [1.165, 1.54) is 5.56 Å². The standard InChI is InChI=1S/C20H27NO2/c1-15(2)16-8-10-18(11-9-16)23-13-12-17(14-21)19-6-4-5-7-20(19)22-3/h4-11,15,17H,12-14,21H2,1-3H3. The number of hydrogen-bond donors (Lipinski definition) is 1. The van der Waals surface area contributed by atoms with E-state index < -0.39 is 0 Å². The zero-order chi connectivity index (χ0) is 16.7. The Morgan fingerprint density at radius 2 is 1.70 bits per heavy atom. The minimum atomic E-state index is 0.237. The molecule has 3 nitrogen and oxygen atoms in total. The molecule has 0 amide bonds. The van der Waals surface area contributed by atoms with Crippen LogP contribution in [0.2, 0.25) is 0 Å². The van der Waals surface area contributed by atoms with Crippen LogP contribution in [0.4, 0.5) is 0 Å². The van der Waals surface area contributed by atoms with E-state index in [2.05, 4.69) is 32.0 Å². The molecule has 2 aromatic rings. The summed E-state index contributed by atoms with van der Waals surface area (Å²) in [5.41, 5.74) is 8.42. The van der Waals surface area contributed by atoms with E-state index in [0.29, 0.717) is 19.1 Å². The van der Waals surface area contributed by atoms with E-state index in [4.69, 9.17) is 15.2 Å². The third-order valence-electron chi connectivity index (χ3n) is 4.15. The molecule has 0 aromatic heterocycles. The molecule has 0 spiro atoms. The van der Waals surface area contributed by atoms with Crippen LogP contribution >= 0.6 is 0 Å². The molecular formula is C20H27NO2. The second kappa shape index (κ2) is 8.59. The van der Waals surface area contributed by atoms with Crippen LogP contribution in [0.5, 0.6) is 11.5 Å². The quantitative estimate of drug-likeness (QED) is 0.789. The molecule has 1 unspecified atom stereocenters.